The Morgan fingerprint density at radius 2 is 1.85 bits per heavy atom. The molecule has 2 rings (SSSR count). The Morgan fingerprint density at radius 1 is 1.25 bits per heavy atom. The van der Waals surface area contributed by atoms with Crippen LogP contribution in [0.4, 0.5) is 0 Å². The Hall–Kier alpha value is -1.78. The molecule has 1 aliphatic carbocycles. The van der Waals surface area contributed by atoms with Gasteiger partial charge in [0.2, 0.25) is 0 Å². The van der Waals surface area contributed by atoms with Gasteiger partial charge in [-0.05, 0) is 31.9 Å². The molecule has 0 bridgehead atoms. The van der Waals surface area contributed by atoms with Crippen LogP contribution in [0.5, 0.6) is 0 Å². The molecule has 20 heavy (non-hydrogen) atoms. The summed E-state index contributed by atoms with van der Waals surface area (Å²) in [4.78, 5) is 25.8. The lowest BCUT2D eigenvalue weighted by atomic mass is 9.80. The van der Waals surface area contributed by atoms with Crippen LogP contribution in [-0.4, -0.2) is 39.0 Å². The van der Waals surface area contributed by atoms with Crippen LogP contribution in [-0.2, 0) is 11.8 Å². The van der Waals surface area contributed by atoms with Crippen molar-refractivity contribution < 1.29 is 14.7 Å². The number of aliphatic carboxylic acids is 1. The summed E-state index contributed by atoms with van der Waals surface area (Å²) in [6, 6.07) is 3.63. The molecule has 0 unspecified atom stereocenters. The molecule has 1 aliphatic rings. The molecule has 5 heteroatoms. The van der Waals surface area contributed by atoms with E-state index in [2.05, 4.69) is 0 Å². The average molecular weight is 278 g/mol. The number of amides is 1. The minimum atomic E-state index is -1.05. The maximum Gasteiger partial charge on any atom is 0.329 e. The summed E-state index contributed by atoms with van der Waals surface area (Å²) in [5.74, 6) is -1.11. The molecule has 0 aromatic carbocycles. The van der Waals surface area contributed by atoms with Gasteiger partial charge in [0.05, 0.1) is 0 Å². The Bertz CT molecular complexity index is 527. The number of rotatable bonds is 3. The van der Waals surface area contributed by atoms with Crippen LogP contribution in [0.15, 0.2) is 12.1 Å². The summed E-state index contributed by atoms with van der Waals surface area (Å²) in [7, 11) is 3.44. The van der Waals surface area contributed by atoms with E-state index in [-0.39, 0.29) is 5.91 Å². The van der Waals surface area contributed by atoms with Crippen molar-refractivity contribution in [3.63, 3.8) is 0 Å². The van der Waals surface area contributed by atoms with Crippen LogP contribution < -0.4 is 0 Å². The van der Waals surface area contributed by atoms with E-state index in [1.165, 1.54) is 4.90 Å². The molecule has 0 atom stereocenters. The number of aryl methyl sites for hydroxylation is 1. The number of aromatic nitrogens is 1. The summed E-state index contributed by atoms with van der Waals surface area (Å²) in [5.41, 5.74) is 0.471. The zero-order chi connectivity index (χ0) is 14.9. The van der Waals surface area contributed by atoms with Gasteiger partial charge in [-0.2, -0.15) is 0 Å². The van der Waals surface area contributed by atoms with Crippen LogP contribution in [0.3, 0.4) is 0 Å². The fourth-order valence-corrected chi connectivity index (χ4v) is 3.02. The largest absolute Gasteiger partial charge is 0.479 e. The van der Waals surface area contributed by atoms with E-state index in [1.807, 2.05) is 20.0 Å². The average Bonchev–Trinajstić information content (AvgIpc) is 2.78. The zero-order valence-corrected chi connectivity index (χ0v) is 12.3. The predicted octanol–water partition coefficient (Wildman–Crippen LogP) is 2.19. The summed E-state index contributed by atoms with van der Waals surface area (Å²) in [6.45, 7) is 1.92. The van der Waals surface area contributed by atoms with Crippen LogP contribution in [0.25, 0.3) is 0 Å². The van der Waals surface area contributed by atoms with Crippen LogP contribution in [0, 0.1) is 6.92 Å². The fraction of sp³-hybridized carbons (Fsp3) is 0.600. The maximum absolute atomic E-state index is 12.6. The SMILES string of the molecule is Cc1ccc(C(=O)N(C)C2(C(=O)O)CCCCC2)n1C. The first-order valence-corrected chi connectivity index (χ1v) is 7.04. The molecule has 1 aromatic rings. The quantitative estimate of drug-likeness (QED) is 0.922. The van der Waals surface area contributed by atoms with Gasteiger partial charge >= 0.3 is 5.97 Å². The molecular weight excluding hydrogens is 256 g/mol. The topological polar surface area (TPSA) is 62.5 Å². The van der Waals surface area contributed by atoms with Gasteiger partial charge < -0.3 is 14.6 Å². The molecule has 1 aromatic heterocycles. The molecular formula is C15H22N2O3. The molecule has 5 nitrogen and oxygen atoms in total. The number of hydrogen-bond acceptors (Lipinski definition) is 2. The third-order valence-corrected chi connectivity index (χ3v) is 4.62. The van der Waals surface area contributed by atoms with Crippen molar-refractivity contribution in [2.45, 2.75) is 44.6 Å². The lowest BCUT2D eigenvalue weighted by Gasteiger charge is -2.41. The number of carboxylic acid groups (broad SMARTS) is 1. The molecule has 1 N–H and O–H groups in total. The van der Waals surface area contributed by atoms with Crippen molar-refractivity contribution in [1.82, 2.24) is 9.47 Å². The first-order chi connectivity index (χ1) is 9.40. The van der Waals surface area contributed by atoms with Gasteiger partial charge in [-0.1, -0.05) is 19.3 Å². The molecule has 0 aliphatic heterocycles. The normalized spacial score (nSPS) is 17.8. The third-order valence-electron chi connectivity index (χ3n) is 4.62. The Labute approximate surface area is 119 Å². The van der Waals surface area contributed by atoms with E-state index in [0.29, 0.717) is 18.5 Å². The van der Waals surface area contributed by atoms with E-state index in [4.69, 9.17) is 0 Å². The predicted molar refractivity (Wildman–Crippen MR) is 75.7 cm³/mol. The van der Waals surface area contributed by atoms with Gasteiger partial charge in [0, 0.05) is 19.8 Å². The first-order valence-electron chi connectivity index (χ1n) is 7.04. The van der Waals surface area contributed by atoms with Gasteiger partial charge in [0.15, 0.2) is 0 Å². The van der Waals surface area contributed by atoms with Crippen molar-refractivity contribution in [1.29, 1.82) is 0 Å². The number of carboxylic acids is 1. The Kier molecular flexibility index (Phi) is 3.88. The van der Waals surface area contributed by atoms with Gasteiger partial charge in [-0.25, -0.2) is 4.79 Å². The molecule has 0 spiro atoms. The van der Waals surface area contributed by atoms with Gasteiger partial charge in [-0.15, -0.1) is 0 Å². The second-order valence-electron chi connectivity index (χ2n) is 5.68. The smallest absolute Gasteiger partial charge is 0.329 e. The highest BCUT2D eigenvalue weighted by molar-refractivity contribution is 5.96. The number of likely N-dealkylation sites (N-methyl/N-ethyl adjacent to an activating group) is 1. The summed E-state index contributed by atoms with van der Waals surface area (Å²) in [6.07, 6.45) is 3.83. The number of nitrogens with zero attached hydrogens (tertiary/aromatic N) is 2. The maximum atomic E-state index is 12.6. The van der Waals surface area contributed by atoms with Crippen molar-refractivity contribution >= 4 is 11.9 Å². The van der Waals surface area contributed by atoms with E-state index >= 15 is 0 Å². The Balaban J connectivity index is 2.32. The summed E-state index contributed by atoms with van der Waals surface area (Å²) in [5, 5.41) is 9.63. The van der Waals surface area contributed by atoms with Crippen LogP contribution >= 0.6 is 0 Å². The molecule has 1 fully saturated rings. The van der Waals surface area contributed by atoms with Crippen molar-refractivity contribution in [3.8, 4) is 0 Å². The molecule has 0 radical (unpaired) electrons. The lowest BCUT2D eigenvalue weighted by Crippen LogP contribution is -2.56. The second kappa shape index (κ2) is 5.31. The highest BCUT2D eigenvalue weighted by atomic mass is 16.4. The van der Waals surface area contributed by atoms with E-state index in [1.54, 1.807) is 17.7 Å². The number of hydrogen-bond donors (Lipinski definition) is 1. The van der Waals surface area contributed by atoms with Gasteiger partial charge in [0.25, 0.3) is 5.91 Å². The monoisotopic (exact) mass is 278 g/mol. The van der Waals surface area contributed by atoms with E-state index < -0.39 is 11.5 Å². The molecule has 0 saturated heterocycles. The number of carbonyl (C=O) groups is 2. The summed E-state index contributed by atoms with van der Waals surface area (Å²) < 4.78 is 1.80. The first kappa shape index (κ1) is 14.6. The third kappa shape index (κ3) is 2.21. The Morgan fingerprint density at radius 3 is 2.30 bits per heavy atom. The molecule has 1 amide bonds. The van der Waals surface area contributed by atoms with E-state index in [0.717, 1.165) is 25.0 Å². The van der Waals surface area contributed by atoms with E-state index in [9.17, 15) is 14.7 Å². The number of carbonyl (C=O) groups excluding carboxylic acids is 1. The highest BCUT2D eigenvalue weighted by Gasteiger charge is 2.45. The van der Waals surface area contributed by atoms with Crippen LogP contribution in [0.2, 0.25) is 0 Å². The van der Waals surface area contributed by atoms with Gasteiger partial charge in [0.1, 0.15) is 11.2 Å². The minimum absolute atomic E-state index is 0.218. The van der Waals surface area contributed by atoms with Crippen LogP contribution in [0.1, 0.15) is 48.3 Å². The molecule has 110 valence electrons. The summed E-state index contributed by atoms with van der Waals surface area (Å²) >= 11 is 0. The minimum Gasteiger partial charge on any atom is -0.479 e. The van der Waals surface area contributed by atoms with Crippen molar-refractivity contribution in [3.05, 3.63) is 23.5 Å². The van der Waals surface area contributed by atoms with Crippen molar-refractivity contribution in [2.24, 2.45) is 7.05 Å². The fourth-order valence-electron chi connectivity index (χ4n) is 3.02. The highest BCUT2D eigenvalue weighted by Crippen LogP contribution is 2.34. The second-order valence-corrected chi connectivity index (χ2v) is 5.68. The zero-order valence-electron chi connectivity index (χ0n) is 12.3. The lowest BCUT2D eigenvalue weighted by molar-refractivity contribution is -0.151. The standard InChI is InChI=1S/C15H22N2O3/c1-11-7-8-12(16(11)2)13(18)17(3)15(14(19)20)9-5-4-6-10-15/h7-8H,4-6,9-10H2,1-3H3,(H,19,20). The van der Waals surface area contributed by atoms with Crippen molar-refractivity contribution in [2.75, 3.05) is 7.05 Å². The van der Waals surface area contributed by atoms with Gasteiger partial charge in [-0.3, -0.25) is 4.79 Å². The molecule has 1 saturated carbocycles. The molecule has 1 heterocycles.